The number of allylic oxidation sites excluding steroid dienone is 1. The quantitative estimate of drug-likeness (QED) is 0.622. The molecule has 1 aromatic rings. The molecule has 0 N–H and O–H groups in total. The molecule has 1 aliphatic carbocycles. The normalized spacial score (nSPS) is 26.3. The van der Waals surface area contributed by atoms with Crippen LogP contribution >= 0.6 is 0 Å². The largest absolute Gasteiger partial charge is 0.374 e. The minimum atomic E-state index is -0.288. The summed E-state index contributed by atoms with van der Waals surface area (Å²) in [6, 6.07) is 9.98. The molecule has 3 nitrogen and oxygen atoms in total. The van der Waals surface area contributed by atoms with Gasteiger partial charge < -0.3 is 4.74 Å². The molecular formula is C17H19NO2. The second-order valence-corrected chi connectivity index (χ2v) is 5.27. The van der Waals surface area contributed by atoms with Gasteiger partial charge in [-0.1, -0.05) is 12.1 Å². The van der Waals surface area contributed by atoms with E-state index in [9.17, 15) is 4.79 Å². The molecule has 1 aliphatic rings. The van der Waals surface area contributed by atoms with Crippen LogP contribution in [-0.4, -0.2) is 19.0 Å². The van der Waals surface area contributed by atoms with E-state index in [2.05, 4.69) is 6.07 Å². The molecule has 0 aromatic heterocycles. The maximum atomic E-state index is 10.5. The molecule has 0 radical (unpaired) electrons. The summed E-state index contributed by atoms with van der Waals surface area (Å²) in [5, 5.41) is 8.82. The highest BCUT2D eigenvalue weighted by molar-refractivity contribution is 5.65. The van der Waals surface area contributed by atoms with Gasteiger partial charge in [0.1, 0.15) is 6.29 Å². The first-order chi connectivity index (χ1) is 9.73. The molecule has 0 saturated heterocycles. The third kappa shape index (κ3) is 3.15. The van der Waals surface area contributed by atoms with E-state index < -0.39 is 0 Å². The van der Waals surface area contributed by atoms with Crippen LogP contribution in [0, 0.1) is 11.3 Å². The Morgan fingerprint density at radius 1 is 1.30 bits per heavy atom. The number of hydrogen-bond donors (Lipinski definition) is 0. The zero-order valence-electron chi connectivity index (χ0n) is 11.7. The third-order valence-corrected chi connectivity index (χ3v) is 4.23. The number of ether oxygens (including phenoxy) is 1. The molecule has 3 heteroatoms. The summed E-state index contributed by atoms with van der Waals surface area (Å²) in [6.07, 6.45) is 8.11. The van der Waals surface area contributed by atoms with Gasteiger partial charge in [0.2, 0.25) is 0 Å². The molecule has 0 aliphatic heterocycles. The summed E-state index contributed by atoms with van der Waals surface area (Å²) in [5.74, 6) is 0.510. The van der Waals surface area contributed by atoms with Crippen molar-refractivity contribution in [2.45, 2.75) is 37.2 Å². The average molecular weight is 269 g/mol. The number of hydrogen-bond acceptors (Lipinski definition) is 3. The van der Waals surface area contributed by atoms with Crippen molar-refractivity contribution in [1.29, 1.82) is 5.26 Å². The van der Waals surface area contributed by atoms with Gasteiger partial charge in [0, 0.05) is 7.11 Å². The van der Waals surface area contributed by atoms with Crippen LogP contribution in [0.5, 0.6) is 0 Å². The Morgan fingerprint density at radius 2 is 1.95 bits per heavy atom. The zero-order valence-corrected chi connectivity index (χ0v) is 11.7. The van der Waals surface area contributed by atoms with Crippen LogP contribution in [0.3, 0.4) is 0 Å². The van der Waals surface area contributed by atoms with Gasteiger partial charge in [0.25, 0.3) is 0 Å². The summed E-state index contributed by atoms with van der Waals surface area (Å²) < 4.78 is 5.61. The maximum absolute atomic E-state index is 10.5. The Morgan fingerprint density at radius 3 is 2.45 bits per heavy atom. The van der Waals surface area contributed by atoms with Gasteiger partial charge in [0.15, 0.2) is 0 Å². The van der Waals surface area contributed by atoms with Gasteiger partial charge in [-0.15, -0.1) is 0 Å². The Labute approximate surface area is 119 Å². The summed E-state index contributed by atoms with van der Waals surface area (Å²) in [4.78, 5) is 10.5. The van der Waals surface area contributed by atoms with Crippen LogP contribution in [0.25, 0.3) is 0 Å². The standard InChI is InChI=1S/C17H19NO2/c1-20-17(9-2-12-19)10-7-16(8-11-17)15-5-3-14(13-18)4-6-15/h2-6,9,12,16H,7-8,10-11H2,1H3/t16-,17+. The summed E-state index contributed by atoms with van der Waals surface area (Å²) in [6.45, 7) is 0. The lowest BCUT2D eigenvalue weighted by Crippen LogP contribution is -2.33. The lowest BCUT2D eigenvalue weighted by atomic mass is 9.75. The summed E-state index contributed by atoms with van der Waals surface area (Å²) >= 11 is 0. The van der Waals surface area contributed by atoms with Gasteiger partial charge in [-0.3, -0.25) is 4.79 Å². The molecule has 1 saturated carbocycles. The topological polar surface area (TPSA) is 50.1 Å². The van der Waals surface area contributed by atoms with Crippen molar-refractivity contribution in [3.63, 3.8) is 0 Å². The Hall–Kier alpha value is -1.92. The Kier molecular flexibility index (Phi) is 4.70. The molecule has 0 heterocycles. The highest BCUT2D eigenvalue weighted by Crippen LogP contribution is 2.40. The minimum absolute atomic E-state index is 0.288. The van der Waals surface area contributed by atoms with Gasteiger partial charge >= 0.3 is 0 Å². The molecule has 1 fully saturated rings. The molecular weight excluding hydrogens is 250 g/mol. The Balaban J connectivity index is 2.04. The van der Waals surface area contributed by atoms with Crippen LogP contribution in [0.1, 0.15) is 42.7 Å². The van der Waals surface area contributed by atoms with E-state index in [0.717, 1.165) is 32.0 Å². The SMILES string of the molecule is CO[C@]1(C=CC=O)CC[C@H](c2ccc(C#N)cc2)CC1. The molecule has 0 bridgehead atoms. The van der Waals surface area contributed by atoms with Crippen molar-refractivity contribution in [3.8, 4) is 6.07 Å². The summed E-state index contributed by atoms with van der Waals surface area (Å²) in [5.41, 5.74) is 1.70. The zero-order chi connectivity index (χ0) is 14.4. The van der Waals surface area contributed by atoms with Crippen molar-refractivity contribution >= 4 is 6.29 Å². The maximum Gasteiger partial charge on any atom is 0.142 e. The van der Waals surface area contributed by atoms with E-state index in [0.29, 0.717) is 11.5 Å². The highest BCUT2D eigenvalue weighted by Gasteiger charge is 2.33. The van der Waals surface area contributed by atoms with Crippen molar-refractivity contribution in [3.05, 3.63) is 47.5 Å². The molecule has 0 spiro atoms. The molecule has 0 amide bonds. The van der Waals surface area contributed by atoms with Crippen LogP contribution in [0.4, 0.5) is 0 Å². The summed E-state index contributed by atoms with van der Waals surface area (Å²) in [7, 11) is 1.71. The monoisotopic (exact) mass is 269 g/mol. The van der Waals surface area contributed by atoms with Crippen molar-refractivity contribution < 1.29 is 9.53 Å². The van der Waals surface area contributed by atoms with E-state index in [1.54, 1.807) is 7.11 Å². The fraction of sp³-hybridized carbons (Fsp3) is 0.412. The van der Waals surface area contributed by atoms with Gasteiger partial charge in [-0.2, -0.15) is 5.26 Å². The molecule has 1 aromatic carbocycles. The first-order valence-electron chi connectivity index (χ1n) is 6.91. The predicted molar refractivity (Wildman–Crippen MR) is 77.3 cm³/mol. The van der Waals surface area contributed by atoms with Crippen LogP contribution in [0.2, 0.25) is 0 Å². The fourth-order valence-corrected chi connectivity index (χ4v) is 2.92. The smallest absolute Gasteiger partial charge is 0.142 e. The third-order valence-electron chi connectivity index (χ3n) is 4.23. The molecule has 0 atom stereocenters. The number of carbonyl (C=O) groups is 1. The van der Waals surface area contributed by atoms with Gasteiger partial charge in [-0.25, -0.2) is 0 Å². The van der Waals surface area contributed by atoms with E-state index >= 15 is 0 Å². The van der Waals surface area contributed by atoms with Crippen molar-refractivity contribution in [2.24, 2.45) is 0 Å². The highest BCUT2D eigenvalue weighted by atomic mass is 16.5. The lowest BCUT2D eigenvalue weighted by Gasteiger charge is -2.37. The Bertz CT molecular complexity index is 517. The number of methoxy groups -OCH3 is 1. The fourth-order valence-electron chi connectivity index (χ4n) is 2.92. The number of nitrogens with zero attached hydrogens (tertiary/aromatic N) is 1. The lowest BCUT2D eigenvalue weighted by molar-refractivity contribution is -0.104. The number of aldehydes is 1. The predicted octanol–water partition coefficient (Wildman–Crippen LogP) is 3.36. The molecule has 0 unspecified atom stereocenters. The van der Waals surface area contributed by atoms with E-state index in [1.165, 1.54) is 11.6 Å². The minimum Gasteiger partial charge on any atom is -0.374 e. The number of carbonyl (C=O) groups excluding carboxylic acids is 1. The number of rotatable bonds is 4. The van der Waals surface area contributed by atoms with E-state index in [-0.39, 0.29) is 5.60 Å². The van der Waals surface area contributed by atoms with Gasteiger partial charge in [-0.05, 0) is 61.4 Å². The van der Waals surface area contributed by atoms with Crippen LogP contribution in [0.15, 0.2) is 36.4 Å². The average Bonchev–Trinajstić information content (AvgIpc) is 2.53. The number of benzene rings is 1. The molecule has 2 rings (SSSR count). The number of nitriles is 1. The van der Waals surface area contributed by atoms with Crippen LogP contribution < -0.4 is 0 Å². The first-order valence-corrected chi connectivity index (χ1v) is 6.91. The van der Waals surface area contributed by atoms with Crippen molar-refractivity contribution in [2.75, 3.05) is 7.11 Å². The molecule has 20 heavy (non-hydrogen) atoms. The van der Waals surface area contributed by atoms with Crippen LogP contribution in [-0.2, 0) is 9.53 Å². The second kappa shape index (κ2) is 6.49. The molecule has 104 valence electrons. The van der Waals surface area contributed by atoms with E-state index in [4.69, 9.17) is 10.00 Å². The van der Waals surface area contributed by atoms with E-state index in [1.807, 2.05) is 30.3 Å². The second-order valence-electron chi connectivity index (χ2n) is 5.27. The first kappa shape index (κ1) is 14.5. The van der Waals surface area contributed by atoms with Crippen molar-refractivity contribution in [1.82, 2.24) is 0 Å². The van der Waals surface area contributed by atoms with Gasteiger partial charge in [0.05, 0.1) is 17.2 Å².